The summed E-state index contributed by atoms with van der Waals surface area (Å²) in [5.41, 5.74) is 0.370. The van der Waals surface area contributed by atoms with Crippen LogP contribution in [0.25, 0.3) is 0 Å². The molecule has 0 fully saturated rings. The molecule has 0 saturated carbocycles. The second kappa shape index (κ2) is 5.14. The van der Waals surface area contributed by atoms with E-state index in [0.717, 1.165) is 11.9 Å². The highest BCUT2D eigenvalue weighted by atomic mass is 79.9. The predicted molar refractivity (Wildman–Crippen MR) is 48.7 cm³/mol. The minimum atomic E-state index is 0.370. The average molecular weight is 209 g/mol. The van der Waals surface area contributed by atoms with Crippen LogP contribution in [0.1, 0.15) is 26.7 Å². The molecular formula is C8H17BrO. The second-order valence-electron chi connectivity index (χ2n) is 2.77. The van der Waals surface area contributed by atoms with Crippen LogP contribution in [0.15, 0.2) is 0 Å². The molecular weight excluding hydrogens is 192 g/mol. The normalized spacial score (nSPS) is 12.0. The van der Waals surface area contributed by atoms with Gasteiger partial charge in [0.15, 0.2) is 0 Å². The van der Waals surface area contributed by atoms with Crippen molar-refractivity contribution in [3.05, 3.63) is 0 Å². The number of hydrogen-bond donors (Lipinski definition) is 0. The summed E-state index contributed by atoms with van der Waals surface area (Å²) in [6.07, 6.45) is 2.37. The highest BCUT2D eigenvalue weighted by Crippen LogP contribution is 2.28. The van der Waals surface area contributed by atoms with Gasteiger partial charge in [-0.3, -0.25) is 0 Å². The molecule has 0 aliphatic carbocycles. The van der Waals surface area contributed by atoms with E-state index in [-0.39, 0.29) is 0 Å². The highest BCUT2D eigenvalue weighted by Gasteiger charge is 2.23. The lowest BCUT2D eigenvalue weighted by Gasteiger charge is -2.28. The molecule has 0 aliphatic rings. The topological polar surface area (TPSA) is 9.23 Å². The number of methoxy groups -OCH3 is 1. The van der Waals surface area contributed by atoms with E-state index in [1.165, 1.54) is 12.8 Å². The number of halogens is 1. The Morgan fingerprint density at radius 3 is 1.90 bits per heavy atom. The first-order valence-corrected chi connectivity index (χ1v) is 4.91. The van der Waals surface area contributed by atoms with Crippen LogP contribution < -0.4 is 0 Å². The predicted octanol–water partition coefficient (Wildman–Crippen LogP) is 2.83. The molecule has 0 rings (SSSR count). The smallest absolute Gasteiger partial charge is 0.0526 e. The Morgan fingerprint density at radius 1 is 1.30 bits per heavy atom. The molecule has 0 aromatic rings. The van der Waals surface area contributed by atoms with E-state index < -0.39 is 0 Å². The van der Waals surface area contributed by atoms with Gasteiger partial charge in [0.1, 0.15) is 0 Å². The van der Waals surface area contributed by atoms with E-state index in [2.05, 4.69) is 29.8 Å². The van der Waals surface area contributed by atoms with Crippen LogP contribution >= 0.6 is 15.9 Å². The summed E-state index contributed by atoms with van der Waals surface area (Å²) >= 11 is 3.51. The monoisotopic (exact) mass is 208 g/mol. The van der Waals surface area contributed by atoms with Crippen LogP contribution in [-0.2, 0) is 4.74 Å². The van der Waals surface area contributed by atoms with Gasteiger partial charge in [-0.15, -0.1) is 0 Å². The molecule has 10 heavy (non-hydrogen) atoms. The third-order valence-corrected chi connectivity index (χ3v) is 3.42. The Kier molecular flexibility index (Phi) is 5.36. The molecule has 0 atom stereocenters. The van der Waals surface area contributed by atoms with Crippen molar-refractivity contribution in [1.82, 2.24) is 0 Å². The summed E-state index contributed by atoms with van der Waals surface area (Å²) in [6.45, 7) is 5.29. The van der Waals surface area contributed by atoms with E-state index in [4.69, 9.17) is 4.74 Å². The van der Waals surface area contributed by atoms with E-state index in [9.17, 15) is 0 Å². The van der Waals surface area contributed by atoms with Gasteiger partial charge in [0.25, 0.3) is 0 Å². The Labute approximate surface area is 72.3 Å². The molecule has 0 aromatic heterocycles. The summed E-state index contributed by atoms with van der Waals surface area (Å²) in [5, 5.41) is 1.04. The molecule has 0 bridgehead atoms. The fraction of sp³-hybridized carbons (Fsp3) is 1.00. The standard InChI is InChI=1S/C8H17BrO/c1-4-8(5-2,6-9)7-10-3/h4-7H2,1-3H3. The first-order valence-electron chi connectivity index (χ1n) is 3.79. The molecule has 0 aliphatic heterocycles. The Bertz CT molecular complexity index is 71.1. The zero-order valence-corrected chi connectivity index (χ0v) is 8.70. The summed E-state index contributed by atoms with van der Waals surface area (Å²) in [5.74, 6) is 0. The largest absolute Gasteiger partial charge is 0.384 e. The molecule has 0 spiro atoms. The van der Waals surface area contributed by atoms with Crippen molar-refractivity contribution >= 4 is 15.9 Å². The minimum absolute atomic E-state index is 0.370. The highest BCUT2D eigenvalue weighted by molar-refractivity contribution is 9.09. The van der Waals surface area contributed by atoms with Gasteiger partial charge in [-0.1, -0.05) is 29.8 Å². The van der Waals surface area contributed by atoms with Gasteiger partial charge in [-0.2, -0.15) is 0 Å². The van der Waals surface area contributed by atoms with Gasteiger partial charge in [0.2, 0.25) is 0 Å². The molecule has 1 nitrogen and oxygen atoms in total. The van der Waals surface area contributed by atoms with Gasteiger partial charge in [0.05, 0.1) is 6.61 Å². The van der Waals surface area contributed by atoms with Crippen LogP contribution in [0, 0.1) is 5.41 Å². The van der Waals surface area contributed by atoms with Crippen LogP contribution in [0.4, 0.5) is 0 Å². The van der Waals surface area contributed by atoms with Crippen molar-refractivity contribution in [2.24, 2.45) is 5.41 Å². The molecule has 0 radical (unpaired) electrons. The van der Waals surface area contributed by atoms with Crippen molar-refractivity contribution in [3.8, 4) is 0 Å². The van der Waals surface area contributed by atoms with Crippen molar-refractivity contribution in [2.45, 2.75) is 26.7 Å². The van der Waals surface area contributed by atoms with Gasteiger partial charge < -0.3 is 4.74 Å². The van der Waals surface area contributed by atoms with Crippen molar-refractivity contribution in [2.75, 3.05) is 19.0 Å². The van der Waals surface area contributed by atoms with Crippen molar-refractivity contribution < 1.29 is 4.74 Å². The maximum absolute atomic E-state index is 5.15. The molecule has 0 amide bonds. The number of alkyl halides is 1. The number of ether oxygens (including phenoxy) is 1. The summed E-state index contributed by atoms with van der Waals surface area (Å²) in [4.78, 5) is 0. The lowest BCUT2D eigenvalue weighted by Crippen LogP contribution is -2.26. The van der Waals surface area contributed by atoms with Crippen LogP contribution in [-0.4, -0.2) is 19.0 Å². The van der Waals surface area contributed by atoms with Gasteiger partial charge in [0, 0.05) is 17.9 Å². The van der Waals surface area contributed by atoms with E-state index >= 15 is 0 Å². The van der Waals surface area contributed by atoms with Crippen molar-refractivity contribution in [1.29, 1.82) is 0 Å². The number of hydrogen-bond acceptors (Lipinski definition) is 1. The van der Waals surface area contributed by atoms with E-state index in [0.29, 0.717) is 5.41 Å². The van der Waals surface area contributed by atoms with E-state index in [1.807, 2.05) is 0 Å². The minimum Gasteiger partial charge on any atom is -0.384 e. The van der Waals surface area contributed by atoms with Gasteiger partial charge in [-0.05, 0) is 12.8 Å². The molecule has 2 heteroatoms. The molecule has 0 N–H and O–H groups in total. The lowest BCUT2D eigenvalue weighted by atomic mass is 9.86. The Balaban J connectivity index is 3.87. The Morgan fingerprint density at radius 2 is 1.80 bits per heavy atom. The van der Waals surface area contributed by atoms with Crippen LogP contribution in [0.2, 0.25) is 0 Å². The molecule has 0 aromatic carbocycles. The maximum Gasteiger partial charge on any atom is 0.0526 e. The van der Waals surface area contributed by atoms with Crippen LogP contribution in [0.5, 0.6) is 0 Å². The molecule has 0 saturated heterocycles. The Hall–Kier alpha value is 0.440. The zero-order chi connectivity index (χ0) is 8.04. The second-order valence-corrected chi connectivity index (χ2v) is 3.33. The third-order valence-electron chi connectivity index (χ3n) is 2.23. The van der Waals surface area contributed by atoms with E-state index in [1.54, 1.807) is 7.11 Å². The summed E-state index contributed by atoms with van der Waals surface area (Å²) in [6, 6.07) is 0. The SMILES string of the molecule is CCC(CC)(CBr)COC. The molecule has 0 unspecified atom stereocenters. The third kappa shape index (κ3) is 2.59. The fourth-order valence-electron chi connectivity index (χ4n) is 0.988. The lowest BCUT2D eigenvalue weighted by molar-refractivity contribution is 0.0902. The van der Waals surface area contributed by atoms with Crippen molar-refractivity contribution in [3.63, 3.8) is 0 Å². The summed E-state index contributed by atoms with van der Waals surface area (Å²) in [7, 11) is 1.77. The molecule has 0 heterocycles. The first-order chi connectivity index (χ1) is 4.74. The fourth-order valence-corrected chi connectivity index (χ4v) is 1.94. The van der Waals surface area contributed by atoms with Gasteiger partial charge >= 0.3 is 0 Å². The maximum atomic E-state index is 5.15. The first kappa shape index (κ1) is 10.4. The van der Waals surface area contributed by atoms with Gasteiger partial charge in [-0.25, -0.2) is 0 Å². The number of rotatable bonds is 5. The average Bonchev–Trinajstić information content (AvgIpc) is 2.01. The summed E-state index contributed by atoms with van der Waals surface area (Å²) < 4.78 is 5.15. The zero-order valence-electron chi connectivity index (χ0n) is 7.11. The molecule has 62 valence electrons. The van der Waals surface area contributed by atoms with Crippen LogP contribution in [0.3, 0.4) is 0 Å². The quantitative estimate of drug-likeness (QED) is 0.632.